The number of nitrogens with zero attached hydrogens (tertiary/aromatic N) is 1. The lowest BCUT2D eigenvalue weighted by atomic mass is 10.2. The zero-order valence-corrected chi connectivity index (χ0v) is 9.31. The molecule has 0 unspecified atom stereocenters. The van der Waals surface area contributed by atoms with Crippen LogP contribution < -0.4 is 11.1 Å². The number of carbonyl (C=O) groups excluding carboxylic acids is 1. The van der Waals surface area contributed by atoms with Crippen molar-refractivity contribution < 1.29 is 4.79 Å². The maximum absolute atomic E-state index is 11.6. The molecule has 5 nitrogen and oxygen atoms in total. The average Bonchev–Trinajstić information content (AvgIpc) is 2.77. The van der Waals surface area contributed by atoms with Crippen LogP contribution in [-0.2, 0) is 6.42 Å². The Morgan fingerprint density at radius 2 is 2.35 bits per heavy atom. The average molecular weight is 230 g/mol. The normalized spacial score (nSPS) is 10.1. The van der Waals surface area contributed by atoms with E-state index in [4.69, 9.17) is 5.73 Å². The monoisotopic (exact) mass is 230 g/mol. The van der Waals surface area contributed by atoms with Gasteiger partial charge in [-0.2, -0.15) is 0 Å². The fourth-order valence-electron chi connectivity index (χ4n) is 1.49. The van der Waals surface area contributed by atoms with Crippen LogP contribution in [-0.4, -0.2) is 22.4 Å². The second-order valence-electron chi connectivity index (χ2n) is 3.67. The van der Waals surface area contributed by atoms with E-state index in [0.717, 1.165) is 5.69 Å². The van der Waals surface area contributed by atoms with Crippen LogP contribution in [0.5, 0.6) is 0 Å². The number of amides is 1. The highest BCUT2D eigenvalue weighted by Crippen LogP contribution is 2.03. The molecule has 0 fully saturated rings. The molecule has 1 amide bonds. The summed E-state index contributed by atoms with van der Waals surface area (Å²) >= 11 is 0. The van der Waals surface area contributed by atoms with Crippen molar-refractivity contribution in [1.82, 2.24) is 15.3 Å². The first-order valence-corrected chi connectivity index (χ1v) is 5.38. The highest BCUT2D eigenvalue weighted by atomic mass is 16.1. The van der Waals surface area contributed by atoms with Crippen LogP contribution >= 0.6 is 0 Å². The van der Waals surface area contributed by atoms with Gasteiger partial charge in [0.25, 0.3) is 5.91 Å². The second-order valence-corrected chi connectivity index (χ2v) is 3.67. The Hall–Kier alpha value is -2.30. The Morgan fingerprint density at radius 3 is 3.00 bits per heavy atom. The number of nitrogens with two attached hydrogens (primary N) is 1. The lowest BCUT2D eigenvalue weighted by Gasteiger charge is -2.03. The minimum absolute atomic E-state index is 0.155. The van der Waals surface area contributed by atoms with Crippen molar-refractivity contribution in [2.45, 2.75) is 6.42 Å². The predicted molar refractivity (Wildman–Crippen MR) is 65.5 cm³/mol. The van der Waals surface area contributed by atoms with E-state index in [1.165, 1.54) is 0 Å². The molecular formula is C12H14N4O. The molecule has 0 aliphatic carbocycles. The second kappa shape index (κ2) is 5.16. The van der Waals surface area contributed by atoms with Crippen LogP contribution in [0.3, 0.4) is 0 Å². The molecule has 0 aliphatic heterocycles. The maximum Gasteiger partial charge on any atom is 0.267 e. The van der Waals surface area contributed by atoms with E-state index in [1.54, 1.807) is 18.5 Å². The van der Waals surface area contributed by atoms with E-state index in [1.807, 2.05) is 18.2 Å². The maximum atomic E-state index is 11.6. The highest BCUT2D eigenvalue weighted by molar-refractivity contribution is 5.93. The Bertz CT molecular complexity index is 492. The molecule has 0 atom stereocenters. The van der Waals surface area contributed by atoms with Crippen LogP contribution in [0.4, 0.5) is 5.69 Å². The summed E-state index contributed by atoms with van der Waals surface area (Å²) in [5, 5.41) is 2.80. The molecule has 2 heterocycles. The van der Waals surface area contributed by atoms with Gasteiger partial charge in [-0.1, -0.05) is 6.07 Å². The lowest BCUT2D eigenvalue weighted by molar-refractivity contribution is 0.0949. The number of anilines is 1. The third kappa shape index (κ3) is 3.07. The minimum Gasteiger partial charge on any atom is -0.397 e. The summed E-state index contributed by atoms with van der Waals surface area (Å²) in [5.41, 5.74) is 7.50. The molecule has 0 saturated carbocycles. The minimum atomic E-state index is -0.155. The molecule has 0 saturated heterocycles. The van der Waals surface area contributed by atoms with E-state index in [9.17, 15) is 4.79 Å². The molecule has 2 rings (SSSR count). The van der Waals surface area contributed by atoms with Gasteiger partial charge in [0, 0.05) is 36.7 Å². The lowest BCUT2D eigenvalue weighted by Crippen LogP contribution is -2.26. The van der Waals surface area contributed by atoms with Crippen LogP contribution in [0.2, 0.25) is 0 Å². The quantitative estimate of drug-likeness (QED) is 0.731. The first-order valence-electron chi connectivity index (χ1n) is 5.38. The van der Waals surface area contributed by atoms with Gasteiger partial charge in [0.1, 0.15) is 5.69 Å². The molecular weight excluding hydrogens is 216 g/mol. The number of aromatic amines is 1. The number of hydrogen-bond donors (Lipinski definition) is 3. The van der Waals surface area contributed by atoms with Crippen LogP contribution in [0.1, 0.15) is 16.2 Å². The summed E-state index contributed by atoms with van der Waals surface area (Å²) in [4.78, 5) is 18.6. The van der Waals surface area contributed by atoms with Gasteiger partial charge < -0.3 is 16.0 Å². The first kappa shape index (κ1) is 11.2. The van der Waals surface area contributed by atoms with Crippen LogP contribution in [0, 0.1) is 0 Å². The van der Waals surface area contributed by atoms with E-state index < -0.39 is 0 Å². The summed E-state index contributed by atoms with van der Waals surface area (Å²) in [6.07, 6.45) is 4.04. The molecule has 2 aromatic rings. The Labute approximate surface area is 99.1 Å². The largest absolute Gasteiger partial charge is 0.397 e. The van der Waals surface area contributed by atoms with E-state index in [2.05, 4.69) is 15.3 Å². The molecule has 0 aromatic carbocycles. The van der Waals surface area contributed by atoms with Crippen LogP contribution in [0.15, 0.2) is 36.7 Å². The molecule has 0 radical (unpaired) electrons. The molecule has 5 heteroatoms. The standard InChI is InChI=1S/C12H14N4O/c13-9-7-11(16-8-9)12(17)15-6-4-10-3-1-2-5-14-10/h1-3,5,7-8,16H,4,6,13H2,(H,15,17). The van der Waals surface area contributed by atoms with Crippen molar-refractivity contribution in [2.75, 3.05) is 12.3 Å². The van der Waals surface area contributed by atoms with Crippen molar-refractivity contribution in [3.63, 3.8) is 0 Å². The molecule has 17 heavy (non-hydrogen) atoms. The Kier molecular flexibility index (Phi) is 3.40. The Morgan fingerprint density at radius 1 is 1.47 bits per heavy atom. The SMILES string of the molecule is Nc1c[nH]c(C(=O)NCCc2ccccn2)c1. The highest BCUT2D eigenvalue weighted by Gasteiger charge is 2.06. The van der Waals surface area contributed by atoms with Gasteiger partial charge in [-0.3, -0.25) is 9.78 Å². The van der Waals surface area contributed by atoms with Gasteiger partial charge in [0.05, 0.1) is 0 Å². The van der Waals surface area contributed by atoms with Gasteiger partial charge in [-0.25, -0.2) is 0 Å². The number of nitrogen functional groups attached to an aromatic ring is 1. The fraction of sp³-hybridized carbons (Fsp3) is 0.167. The molecule has 4 N–H and O–H groups in total. The fourth-order valence-corrected chi connectivity index (χ4v) is 1.49. The van der Waals surface area contributed by atoms with Crippen molar-refractivity contribution in [3.8, 4) is 0 Å². The summed E-state index contributed by atoms with van der Waals surface area (Å²) < 4.78 is 0. The van der Waals surface area contributed by atoms with Gasteiger partial charge in [0.2, 0.25) is 0 Å². The number of hydrogen-bond acceptors (Lipinski definition) is 3. The molecule has 0 spiro atoms. The zero-order valence-electron chi connectivity index (χ0n) is 9.31. The molecule has 0 aliphatic rings. The zero-order chi connectivity index (χ0) is 12.1. The third-order valence-electron chi connectivity index (χ3n) is 2.34. The van der Waals surface area contributed by atoms with Crippen molar-refractivity contribution >= 4 is 11.6 Å². The summed E-state index contributed by atoms with van der Waals surface area (Å²) in [7, 11) is 0. The predicted octanol–water partition coefficient (Wildman–Crippen LogP) is 0.964. The number of aromatic nitrogens is 2. The number of nitrogens with one attached hydrogen (secondary N) is 2. The number of rotatable bonds is 4. The number of carbonyl (C=O) groups is 1. The molecule has 0 bridgehead atoms. The van der Waals surface area contributed by atoms with Gasteiger partial charge in [-0.15, -0.1) is 0 Å². The van der Waals surface area contributed by atoms with Crippen molar-refractivity contribution in [1.29, 1.82) is 0 Å². The summed E-state index contributed by atoms with van der Waals surface area (Å²) in [6.45, 7) is 0.550. The van der Waals surface area contributed by atoms with Gasteiger partial charge in [-0.05, 0) is 18.2 Å². The van der Waals surface area contributed by atoms with Crippen molar-refractivity contribution in [2.24, 2.45) is 0 Å². The topological polar surface area (TPSA) is 83.8 Å². The molecule has 2 aromatic heterocycles. The number of pyridine rings is 1. The Balaban J connectivity index is 1.81. The van der Waals surface area contributed by atoms with E-state index in [0.29, 0.717) is 24.3 Å². The van der Waals surface area contributed by atoms with E-state index in [-0.39, 0.29) is 5.91 Å². The van der Waals surface area contributed by atoms with Crippen molar-refractivity contribution in [3.05, 3.63) is 48.0 Å². The summed E-state index contributed by atoms with van der Waals surface area (Å²) in [5.74, 6) is -0.155. The smallest absolute Gasteiger partial charge is 0.267 e. The van der Waals surface area contributed by atoms with Gasteiger partial charge >= 0.3 is 0 Å². The number of H-pyrrole nitrogens is 1. The summed E-state index contributed by atoms with van der Waals surface area (Å²) in [6, 6.07) is 7.33. The van der Waals surface area contributed by atoms with Gasteiger partial charge in [0.15, 0.2) is 0 Å². The molecule has 88 valence electrons. The van der Waals surface area contributed by atoms with E-state index >= 15 is 0 Å². The third-order valence-corrected chi connectivity index (χ3v) is 2.34. The first-order chi connectivity index (χ1) is 8.25. The van der Waals surface area contributed by atoms with Crippen LogP contribution in [0.25, 0.3) is 0 Å².